The van der Waals surface area contributed by atoms with Crippen LogP contribution in [0.1, 0.15) is 33.3 Å². The Kier molecular flexibility index (Phi) is 5.35. The number of aromatic nitrogens is 2. The lowest BCUT2D eigenvalue weighted by atomic mass is 9.99. The Morgan fingerprint density at radius 1 is 1.13 bits per heavy atom. The molecule has 1 fully saturated rings. The Labute approximate surface area is 177 Å². The molecule has 1 aromatic heterocycles. The molecular weight excluding hydrogens is 424 g/mol. The first-order chi connectivity index (χ1) is 14.3. The zero-order valence-electron chi connectivity index (χ0n) is 16.0. The number of anilines is 1. The van der Waals surface area contributed by atoms with Crippen LogP contribution in [0.2, 0.25) is 0 Å². The zero-order valence-corrected chi connectivity index (χ0v) is 17.6. The number of hydrogen-bond donors (Lipinski definition) is 1. The van der Waals surface area contributed by atoms with Gasteiger partial charge in [-0.1, -0.05) is 47.7 Å². The smallest absolute Gasteiger partial charge is 0.266 e. The van der Waals surface area contributed by atoms with Crippen LogP contribution < -0.4 is 5.32 Å². The van der Waals surface area contributed by atoms with Gasteiger partial charge in [0.25, 0.3) is 15.9 Å². The third-order valence-electron chi connectivity index (χ3n) is 4.79. The Bertz CT molecular complexity index is 1210. The number of aryl methyl sites for hydroxylation is 1. The van der Waals surface area contributed by atoms with E-state index in [9.17, 15) is 18.0 Å². The van der Waals surface area contributed by atoms with Gasteiger partial charge in [0.05, 0.1) is 4.90 Å². The van der Waals surface area contributed by atoms with E-state index in [4.69, 9.17) is 0 Å². The molecule has 2 heterocycles. The summed E-state index contributed by atoms with van der Waals surface area (Å²) >= 11 is 1.21. The van der Waals surface area contributed by atoms with Crippen molar-refractivity contribution >= 4 is 38.3 Å². The first-order valence-electron chi connectivity index (χ1n) is 9.16. The van der Waals surface area contributed by atoms with Gasteiger partial charge in [0.1, 0.15) is 5.01 Å². The van der Waals surface area contributed by atoms with Gasteiger partial charge >= 0.3 is 0 Å². The van der Waals surface area contributed by atoms with Crippen LogP contribution in [-0.2, 0) is 14.8 Å². The molecule has 1 aliphatic rings. The molecule has 2 amide bonds. The van der Waals surface area contributed by atoms with Crippen molar-refractivity contribution < 1.29 is 18.0 Å². The standard InChI is InChI=1S/C20H18N4O4S2/c1-13-22-23-20(29-13)21-19(26)15-8-5-9-17(10-15)30(27,28)24-12-16(11-18(24)25)14-6-3-2-4-7-14/h2-10,16H,11-12H2,1H3,(H,21,23,26)/t16-/m0/s1. The molecule has 30 heavy (non-hydrogen) atoms. The molecule has 10 heteroatoms. The van der Waals surface area contributed by atoms with Crippen molar-refractivity contribution in [2.24, 2.45) is 0 Å². The molecule has 8 nitrogen and oxygen atoms in total. The van der Waals surface area contributed by atoms with Gasteiger partial charge in [-0.25, -0.2) is 12.7 Å². The molecule has 0 aliphatic carbocycles. The quantitative estimate of drug-likeness (QED) is 0.651. The normalized spacial score (nSPS) is 16.6. The molecule has 0 unspecified atom stereocenters. The number of sulfonamides is 1. The second-order valence-corrected chi connectivity index (χ2v) is 9.89. The van der Waals surface area contributed by atoms with Crippen LogP contribution in [0, 0.1) is 6.92 Å². The number of hydrogen-bond acceptors (Lipinski definition) is 7. The maximum absolute atomic E-state index is 13.1. The van der Waals surface area contributed by atoms with Gasteiger partial charge < -0.3 is 0 Å². The van der Waals surface area contributed by atoms with E-state index in [1.165, 1.54) is 35.6 Å². The third kappa shape index (κ3) is 3.96. The van der Waals surface area contributed by atoms with Crippen molar-refractivity contribution in [3.63, 3.8) is 0 Å². The van der Waals surface area contributed by atoms with Gasteiger partial charge in [-0.15, -0.1) is 10.2 Å². The summed E-state index contributed by atoms with van der Waals surface area (Å²) in [4.78, 5) is 24.9. The molecule has 0 saturated carbocycles. The lowest BCUT2D eigenvalue weighted by Gasteiger charge is -2.17. The van der Waals surface area contributed by atoms with Crippen LogP contribution in [0.15, 0.2) is 59.5 Å². The number of amides is 2. The van der Waals surface area contributed by atoms with Crippen molar-refractivity contribution in [1.82, 2.24) is 14.5 Å². The summed E-state index contributed by atoms with van der Waals surface area (Å²) in [7, 11) is -4.08. The predicted octanol–water partition coefficient (Wildman–Crippen LogP) is 2.80. The molecule has 1 N–H and O–H groups in total. The highest BCUT2D eigenvalue weighted by Gasteiger charge is 2.39. The van der Waals surface area contributed by atoms with Gasteiger partial charge in [0, 0.05) is 24.4 Å². The molecular formula is C20H18N4O4S2. The lowest BCUT2D eigenvalue weighted by Crippen LogP contribution is -2.32. The predicted molar refractivity (Wildman–Crippen MR) is 112 cm³/mol. The van der Waals surface area contributed by atoms with E-state index in [-0.39, 0.29) is 29.3 Å². The first-order valence-corrected chi connectivity index (χ1v) is 11.4. The highest BCUT2D eigenvalue weighted by Crippen LogP contribution is 2.32. The van der Waals surface area contributed by atoms with Crippen LogP contribution in [0.3, 0.4) is 0 Å². The average molecular weight is 443 g/mol. The summed E-state index contributed by atoms with van der Waals surface area (Å²) in [5.74, 6) is -1.15. The fourth-order valence-corrected chi connectivity index (χ4v) is 5.39. The van der Waals surface area contributed by atoms with Crippen molar-refractivity contribution in [2.45, 2.75) is 24.2 Å². The first kappa shape index (κ1) is 20.2. The Balaban J connectivity index is 1.56. The summed E-state index contributed by atoms with van der Waals surface area (Å²) in [5, 5.41) is 11.3. The largest absolute Gasteiger partial charge is 0.296 e. The average Bonchev–Trinajstić information content (AvgIpc) is 3.34. The van der Waals surface area contributed by atoms with Crippen molar-refractivity contribution in [2.75, 3.05) is 11.9 Å². The second-order valence-electron chi connectivity index (χ2n) is 6.85. The molecule has 0 bridgehead atoms. The van der Waals surface area contributed by atoms with E-state index in [1.807, 2.05) is 30.3 Å². The maximum atomic E-state index is 13.1. The number of nitrogens with zero attached hydrogens (tertiary/aromatic N) is 3. The minimum absolute atomic E-state index is 0.0751. The molecule has 154 valence electrons. The summed E-state index contributed by atoms with van der Waals surface area (Å²) in [6.45, 7) is 1.84. The van der Waals surface area contributed by atoms with E-state index in [1.54, 1.807) is 6.92 Å². The minimum Gasteiger partial charge on any atom is -0.296 e. The Morgan fingerprint density at radius 3 is 2.60 bits per heavy atom. The molecule has 0 radical (unpaired) electrons. The topological polar surface area (TPSA) is 109 Å². The highest BCUT2D eigenvalue weighted by atomic mass is 32.2. The molecule has 3 aromatic rings. The van der Waals surface area contributed by atoms with Gasteiger partial charge in [-0.3, -0.25) is 14.9 Å². The molecule has 0 spiro atoms. The van der Waals surface area contributed by atoms with Gasteiger partial charge in [-0.05, 0) is 30.7 Å². The summed E-state index contributed by atoms with van der Waals surface area (Å²) < 4.78 is 27.1. The molecule has 1 atom stereocenters. The molecule has 1 saturated heterocycles. The van der Waals surface area contributed by atoms with Crippen LogP contribution in [0.5, 0.6) is 0 Å². The molecule has 2 aromatic carbocycles. The second kappa shape index (κ2) is 7.96. The summed E-state index contributed by atoms with van der Waals surface area (Å²) in [5.41, 5.74) is 1.07. The zero-order chi connectivity index (χ0) is 21.3. The lowest BCUT2D eigenvalue weighted by molar-refractivity contribution is -0.123. The maximum Gasteiger partial charge on any atom is 0.266 e. The number of rotatable bonds is 5. The van der Waals surface area contributed by atoms with Gasteiger partial charge in [0.15, 0.2) is 0 Å². The number of nitrogens with one attached hydrogen (secondary N) is 1. The van der Waals surface area contributed by atoms with E-state index in [0.717, 1.165) is 9.87 Å². The minimum atomic E-state index is -4.08. The van der Waals surface area contributed by atoms with Crippen LogP contribution in [0.4, 0.5) is 5.13 Å². The molecule has 1 aliphatic heterocycles. The van der Waals surface area contributed by atoms with Gasteiger partial charge in [-0.2, -0.15) is 0 Å². The fraction of sp³-hybridized carbons (Fsp3) is 0.200. The van der Waals surface area contributed by atoms with Crippen molar-refractivity contribution in [1.29, 1.82) is 0 Å². The van der Waals surface area contributed by atoms with Gasteiger partial charge in [0.2, 0.25) is 11.0 Å². The van der Waals surface area contributed by atoms with Crippen molar-refractivity contribution in [3.8, 4) is 0 Å². The van der Waals surface area contributed by atoms with E-state index in [0.29, 0.717) is 10.1 Å². The Hall–Kier alpha value is -3.11. The number of carbonyl (C=O) groups excluding carboxylic acids is 2. The Morgan fingerprint density at radius 2 is 1.90 bits per heavy atom. The van der Waals surface area contributed by atoms with Crippen LogP contribution in [-0.4, -0.2) is 41.3 Å². The highest BCUT2D eigenvalue weighted by molar-refractivity contribution is 7.89. The summed E-state index contributed by atoms with van der Waals surface area (Å²) in [6, 6.07) is 15.0. The summed E-state index contributed by atoms with van der Waals surface area (Å²) in [6.07, 6.45) is 0.125. The SMILES string of the molecule is Cc1nnc(NC(=O)c2cccc(S(=O)(=O)N3C[C@@H](c4ccccc4)CC3=O)c2)s1. The van der Waals surface area contributed by atoms with E-state index < -0.39 is 21.8 Å². The van der Waals surface area contributed by atoms with Crippen molar-refractivity contribution in [3.05, 3.63) is 70.7 Å². The number of carbonyl (C=O) groups is 2. The van der Waals surface area contributed by atoms with Crippen LogP contribution in [0.25, 0.3) is 0 Å². The van der Waals surface area contributed by atoms with Crippen LogP contribution >= 0.6 is 11.3 Å². The monoisotopic (exact) mass is 442 g/mol. The van der Waals surface area contributed by atoms with E-state index in [2.05, 4.69) is 15.5 Å². The third-order valence-corrected chi connectivity index (χ3v) is 7.32. The van der Waals surface area contributed by atoms with E-state index >= 15 is 0 Å². The molecule has 4 rings (SSSR count). The fourth-order valence-electron chi connectivity index (χ4n) is 3.30. The number of benzene rings is 2.